The highest BCUT2D eigenvalue weighted by atomic mass is 79.9. The van der Waals surface area contributed by atoms with E-state index in [1.807, 2.05) is 0 Å². The van der Waals surface area contributed by atoms with E-state index in [4.69, 9.17) is 0 Å². The van der Waals surface area contributed by atoms with E-state index in [1.165, 1.54) is 13.3 Å². The smallest absolute Gasteiger partial charge is 0.358 e. The fourth-order valence-electron chi connectivity index (χ4n) is 0.630. The lowest BCUT2D eigenvalue weighted by Crippen LogP contribution is -2.05. The van der Waals surface area contributed by atoms with Crippen LogP contribution in [0.5, 0.6) is 0 Å². The number of carbonyl (C=O) groups is 1. The first-order valence-corrected chi connectivity index (χ1v) is 4.02. The molecule has 12 heavy (non-hydrogen) atoms. The van der Waals surface area contributed by atoms with E-state index in [2.05, 4.69) is 30.6 Å². The van der Waals surface area contributed by atoms with Crippen molar-refractivity contribution in [3.8, 4) is 0 Å². The van der Waals surface area contributed by atoms with Crippen molar-refractivity contribution in [2.45, 2.75) is 6.92 Å². The highest BCUT2D eigenvalue weighted by molar-refractivity contribution is 9.10. The summed E-state index contributed by atoms with van der Waals surface area (Å²) in [4.78, 5) is 18.8. The lowest BCUT2D eigenvalue weighted by atomic mass is 10.4. The summed E-state index contributed by atoms with van der Waals surface area (Å²) < 4.78 is 5.03. The van der Waals surface area contributed by atoms with Gasteiger partial charge in [0.1, 0.15) is 4.60 Å². The molecule has 1 aromatic rings. The standard InChI is InChI=1S/C7H7BrN2O2/c1-4-6(8)10-5(3-9-4)7(11)12-2/h3H,1-2H3. The molecule has 1 rings (SSSR count). The molecule has 0 amide bonds. The fraction of sp³-hybridized carbons (Fsp3) is 0.286. The molecule has 0 spiro atoms. The van der Waals surface area contributed by atoms with Gasteiger partial charge in [0.05, 0.1) is 19.0 Å². The Hall–Kier alpha value is -0.970. The maximum absolute atomic E-state index is 10.9. The molecule has 0 fully saturated rings. The zero-order chi connectivity index (χ0) is 9.14. The third kappa shape index (κ3) is 1.79. The quantitative estimate of drug-likeness (QED) is 0.684. The van der Waals surface area contributed by atoms with Crippen LogP contribution in [0.15, 0.2) is 10.8 Å². The first-order chi connectivity index (χ1) is 5.65. The Morgan fingerprint density at radius 1 is 1.67 bits per heavy atom. The van der Waals surface area contributed by atoms with Crippen molar-refractivity contribution < 1.29 is 9.53 Å². The number of esters is 1. The Morgan fingerprint density at radius 2 is 2.33 bits per heavy atom. The molecule has 0 aliphatic heterocycles. The fourth-order valence-corrected chi connectivity index (χ4v) is 0.923. The number of hydrogen-bond acceptors (Lipinski definition) is 4. The molecule has 0 unspecified atom stereocenters. The minimum absolute atomic E-state index is 0.204. The number of halogens is 1. The van der Waals surface area contributed by atoms with Crippen molar-refractivity contribution in [3.05, 3.63) is 22.2 Å². The van der Waals surface area contributed by atoms with E-state index < -0.39 is 5.97 Å². The van der Waals surface area contributed by atoms with Crippen LogP contribution in [0.1, 0.15) is 16.2 Å². The number of rotatable bonds is 1. The van der Waals surface area contributed by atoms with E-state index in [9.17, 15) is 4.79 Å². The van der Waals surface area contributed by atoms with E-state index in [0.29, 0.717) is 4.60 Å². The van der Waals surface area contributed by atoms with Crippen LogP contribution in [0, 0.1) is 6.92 Å². The molecule has 4 nitrogen and oxygen atoms in total. The molecule has 1 heterocycles. The van der Waals surface area contributed by atoms with Crippen molar-refractivity contribution in [3.63, 3.8) is 0 Å². The zero-order valence-corrected chi connectivity index (χ0v) is 8.25. The number of hydrogen-bond donors (Lipinski definition) is 0. The van der Waals surface area contributed by atoms with Gasteiger partial charge in [-0.2, -0.15) is 0 Å². The molecule has 5 heteroatoms. The molecule has 64 valence electrons. The van der Waals surface area contributed by atoms with Gasteiger partial charge in [-0.05, 0) is 22.9 Å². The van der Waals surface area contributed by atoms with Crippen molar-refractivity contribution in [1.29, 1.82) is 0 Å². The summed E-state index contributed by atoms with van der Waals surface area (Å²) in [6.45, 7) is 1.79. The van der Waals surface area contributed by atoms with Gasteiger partial charge in [0, 0.05) is 0 Å². The van der Waals surface area contributed by atoms with E-state index in [-0.39, 0.29) is 5.69 Å². The van der Waals surface area contributed by atoms with Gasteiger partial charge < -0.3 is 4.74 Å². The summed E-state index contributed by atoms with van der Waals surface area (Å²) in [6, 6.07) is 0. The molecule has 0 saturated heterocycles. The van der Waals surface area contributed by atoms with Crippen LogP contribution in [0.3, 0.4) is 0 Å². The average Bonchev–Trinajstić information content (AvgIpc) is 2.08. The SMILES string of the molecule is COC(=O)c1cnc(C)c(Br)n1. The number of methoxy groups -OCH3 is 1. The summed E-state index contributed by atoms with van der Waals surface area (Å²) >= 11 is 3.16. The molecule has 0 aromatic carbocycles. The second-order valence-corrected chi connectivity index (χ2v) is 2.87. The summed E-state index contributed by atoms with van der Waals surface area (Å²) in [5.74, 6) is -0.483. The molecular formula is C7H7BrN2O2. The van der Waals surface area contributed by atoms with Gasteiger partial charge in [0.2, 0.25) is 0 Å². The van der Waals surface area contributed by atoms with Gasteiger partial charge in [-0.25, -0.2) is 9.78 Å². The molecule has 1 aromatic heterocycles. The molecule has 0 atom stereocenters. The van der Waals surface area contributed by atoms with Gasteiger partial charge >= 0.3 is 5.97 Å². The predicted molar refractivity (Wildman–Crippen MR) is 45.8 cm³/mol. The normalized spacial score (nSPS) is 9.58. The number of nitrogens with zero attached hydrogens (tertiary/aromatic N) is 2. The van der Waals surface area contributed by atoms with Gasteiger partial charge in [-0.1, -0.05) is 0 Å². The third-order valence-corrected chi connectivity index (χ3v) is 2.04. The second kappa shape index (κ2) is 3.62. The van der Waals surface area contributed by atoms with Crippen molar-refractivity contribution in [1.82, 2.24) is 9.97 Å². The largest absolute Gasteiger partial charge is 0.464 e. The average molecular weight is 231 g/mol. The molecule has 0 saturated carbocycles. The zero-order valence-electron chi connectivity index (χ0n) is 6.67. The van der Waals surface area contributed by atoms with E-state index in [0.717, 1.165) is 5.69 Å². The maximum Gasteiger partial charge on any atom is 0.358 e. The highest BCUT2D eigenvalue weighted by Crippen LogP contribution is 2.10. The van der Waals surface area contributed by atoms with Gasteiger partial charge in [-0.3, -0.25) is 4.98 Å². The Morgan fingerprint density at radius 3 is 2.83 bits per heavy atom. The molecule has 0 aliphatic rings. The number of aromatic nitrogens is 2. The molecular weight excluding hydrogens is 224 g/mol. The second-order valence-electron chi connectivity index (χ2n) is 2.12. The van der Waals surface area contributed by atoms with Crippen LogP contribution < -0.4 is 0 Å². The first-order valence-electron chi connectivity index (χ1n) is 3.22. The number of ether oxygens (including phenoxy) is 1. The monoisotopic (exact) mass is 230 g/mol. The van der Waals surface area contributed by atoms with Crippen LogP contribution in [0.2, 0.25) is 0 Å². The molecule has 0 N–H and O–H groups in total. The number of aryl methyl sites for hydroxylation is 1. The van der Waals surface area contributed by atoms with Gasteiger partial charge in [0.15, 0.2) is 5.69 Å². The van der Waals surface area contributed by atoms with Crippen LogP contribution in [0.25, 0.3) is 0 Å². The van der Waals surface area contributed by atoms with Crippen LogP contribution in [-0.2, 0) is 4.74 Å². The van der Waals surface area contributed by atoms with Crippen LogP contribution >= 0.6 is 15.9 Å². The Labute approximate surface area is 78.1 Å². The minimum atomic E-state index is -0.483. The highest BCUT2D eigenvalue weighted by Gasteiger charge is 2.08. The molecule has 0 radical (unpaired) electrons. The third-order valence-electron chi connectivity index (χ3n) is 1.29. The van der Waals surface area contributed by atoms with E-state index in [1.54, 1.807) is 6.92 Å². The summed E-state index contributed by atoms with van der Waals surface area (Å²) in [5.41, 5.74) is 0.942. The summed E-state index contributed by atoms with van der Waals surface area (Å²) in [5, 5.41) is 0. The lowest BCUT2D eigenvalue weighted by molar-refractivity contribution is 0.0593. The number of carbonyl (C=O) groups excluding carboxylic acids is 1. The Kier molecular flexibility index (Phi) is 2.75. The van der Waals surface area contributed by atoms with Crippen LogP contribution in [-0.4, -0.2) is 23.0 Å². The molecule has 0 aliphatic carbocycles. The minimum Gasteiger partial charge on any atom is -0.464 e. The lowest BCUT2D eigenvalue weighted by Gasteiger charge is -1.99. The van der Waals surface area contributed by atoms with Crippen molar-refractivity contribution in [2.24, 2.45) is 0 Å². The summed E-state index contributed by atoms with van der Waals surface area (Å²) in [7, 11) is 1.30. The maximum atomic E-state index is 10.9. The van der Waals surface area contributed by atoms with Crippen molar-refractivity contribution in [2.75, 3.05) is 7.11 Å². The Balaban J connectivity index is 3.05. The van der Waals surface area contributed by atoms with Crippen molar-refractivity contribution >= 4 is 21.9 Å². The molecule has 0 bridgehead atoms. The Bertz CT molecular complexity index is 314. The van der Waals surface area contributed by atoms with E-state index >= 15 is 0 Å². The van der Waals surface area contributed by atoms with Crippen LogP contribution in [0.4, 0.5) is 0 Å². The topological polar surface area (TPSA) is 52.1 Å². The van der Waals surface area contributed by atoms with Gasteiger partial charge in [-0.15, -0.1) is 0 Å². The summed E-state index contributed by atoms with van der Waals surface area (Å²) in [6.07, 6.45) is 1.38. The van der Waals surface area contributed by atoms with Gasteiger partial charge in [0.25, 0.3) is 0 Å². The first kappa shape index (κ1) is 9.12. The predicted octanol–water partition coefficient (Wildman–Crippen LogP) is 1.33.